The first-order valence-electron chi connectivity index (χ1n) is 9.68. The molecule has 1 saturated heterocycles. The minimum atomic E-state index is -0.796. The molecule has 0 radical (unpaired) electrons. The summed E-state index contributed by atoms with van der Waals surface area (Å²) in [7, 11) is 0. The monoisotopic (exact) mass is 421 g/mol. The number of nitrogens with one attached hydrogen (secondary N) is 1. The van der Waals surface area contributed by atoms with Crippen LogP contribution in [-0.2, 0) is 4.79 Å². The molecule has 0 bridgehead atoms. The molecule has 0 unspecified atom stereocenters. The van der Waals surface area contributed by atoms with Crippen LogP contribution in [0, 0.1) is 5.82 Å². The van der Waals surface area contributed by atoms with E-state index in [4.69, 9.17) is 4.42 Å². The van der Waals surface area contributed by atoms with Gasteiger partial charge in [-0.3, -0.25) is 19.2 Å². The fourth-order valence-corrected chi connectivity index (χ4v) is 4.04. The molecule has 1 aliphatic heterocycles. The van der Waals surface area contributed by atoms with Crippen LogP contribution < -0.4 is 15.8 Å². The number of piperazine rings is 1. The van der Waals surface area contributed by atoms with Crippen molar-refractivity contribution < 1.29 is 18.4 Å². The van der Waals surface area contributed by atoms with Gasteiger partial charge in [0.2, 0.25) is 5.43 Å². The van der Waals surface area contributed by atoms with Gasteiger partial charge in [0.1, 0.15) is 17.3 Å². The van der Waals surface area contributed by atoms with Crippen molar-refractivity contribution in [2.45, 2.75) is 0 Å². The minimum Gasteiger partial charge on any atom is -0.464 e. The van der Waals surface area contributed by atoms with Crippen LogP contribution in [0.5, 0.6) is 0 Å². The van der Waals surface area contributed by atoms with E-state index >= 15 is 0 Å². The molecular weight excluding hydrogens is 405 g/mol. The zero-order valence-electron chi connectivity index (χ0n) is 16.2. The van der Waals surface area contributed by atoms with E-state index < -0.39 is 28.4 Å². The van der Waals surface area contributed by atoms with Gasteiger partial charge in [0.25, 0.3) is 17.1 Å². The Morgan fingerprint density at radius 3 is 2.48 bits per heavy atom. The number of Topliss-reactive ketones (excluding diaryl/α,β-unsaturated/α-hetero) is 1. The van der Waals surface area contributed by atoms with Crippen molar-refractivity contribution >= 4 is 28.3 Å². The molecule has 0 saturated carbocycles. The average Bonchev–Trinajstić information content (AvgIpc) is 3.46. The number of halogens is 1. The molecule has 2 aromatic carbocycles. The number of benzene rings is 1. The zero-order valence-corrected chi connectivity index (χ0v) is 16.2. The van der Waals surface area contributed by atoms with Crippen LogP contribution in [0.3, 0.4) is 0 Å². The maximum absolute atomic E-state index is 14.2. The molecule has 0 atom stereocenters. The highest BCUT2D eigenvalue weighted by Crippen LogP contribution is 2.28. The molecule has 8 nitrogen and oxygen atoms in total. The summed E-state index contributed by atoms with van der Waals surface area (Å²) in [6.45, 7) is 0.928. The number of anilines is 1. The summed E-state index contributed by atoms with van der Waals surface area (Å²) in [4.78, 5) is 55.5. The standard InChI is InChI=1S/C22H16FN3O5/c23-13-3-1-4-14-16(13)12(11-24-14)19(27)22(30)26-8-6-25(7-9-26)18-17(20(28)21(18)29)15-5-2-10-31-15/h1-5,10-11,24H,6-9H2. The third-order valence-electron chi connectivity index (χ3n) is 5.63. The Hall–Kier alpha value is -4.01. The van der Waals surface area contributed by atoms with E-state index in [1.54, 1.807) is 23.1 Å². The summed E-state index contributed by atoms with van der Waals surface area (Å²) in [5, 5.41) is 0.0892. The van der Waals surface area contributed by atoms with Crippen LogP contribution >= 0.6 is 0 Å². The molecule has 1 aliphatic rings. The van der Waals surface area contributed by atoms with E-state index in [1.807, 2.05) is 0 Å². The Balaban J connectivity index is 1.33. The largest absolute Gasteiger partial charge is 0.464 e. The van der Waals surface area contributed by atoms with Crippen molar-refractivity contribution in [2.75, 3.05) is 31.1 Å². The van der Waals surface area contributed by atoms with Crippen molar-refractivity contribution in [3.05, 3.63) is 74.6 Å². The van der Waals surface area contributed by atoms with Gasteiger partial charge in [-0.2, -0.15) is 0 Å². The lowest BCUT2D eigenvalue weighted by atomic mass is 10.0. The molecule has 4 aromatic rings. The van der Waals surface area contributed by atoms with Crippen molar-refractivity contribution in [2.24, 2.45) is 0 Å². The van der Waals surface area contributed by atoms with E-state index in [9.17, 15) is 23.6 Å². The molecule has 0 spiro atoms. The number of aromatic amines is 1. The van der Waals surface area contributed by atoms with E-state index in [2.05, 4.69) is 4.98 Å². The number of hydrogen-bond acceptors (Lipinski definition) is 6. The number of ketones is 1. The summed E-state index contributed by atoms with van der Waals surface area (Å²) >= 11 is 0. The van der Waals surface area contributed by atoms with Crippen LogP contribution in [0.2, 0.25) is 0 Å². The zero-order chi connectivity index (χ0) is 21.7. The van der Waals surface area contributed by atoms with E-state index in [0.29, 0.717) is 11.3 Å². The Labute approximate surface area is 174 Å². The number of nitrogens with zero attached hydrogens (tertiary/aromatic N) is 2. The van der Waals surface area contributed by atoms with Gasteiger partial charge >= 0.3 is 0 Å². The predicted molar refractivity (Wildman–Crippen MR) is 110 cm³/mol. The van der Waals surface area contributed by atoms with Crippen molar-refractivity contribution in [3.63, 3.8) is 0 Å². The number of furan rings is 1. The molecule has 9 heteroatoms. The molecule has 156 valence electrons. The summed E-state index contributed by atoms with van der Waals surface area (Å²) in [6.07, 6.45) is 2.76. The highest BCUT2D eigenvalue weighted by molar-refractivity contribution is 6.44. The minimum absolute atomic E-state index is 0.0110. The molecule has 0 aliphatic carbocycles. The molecular formula is C22H16FN3O5. The maximum atomic E-state index is 14.2. The number of carbonyl (C=O) groups excluding carboxylic acids is 2. The topological polar surface area (TPSA) is 104 Å². The van der Waals surface area contributed by atoms with E-state index in [0.717, 1.165) is 0 Å². The van der Waals surface area contributed by atoms with Gasteiger partial charge in [-0.25, -0.2) is 4.39 Å². The van der Waals surface area contributed by atoms with Crippen LogP contribution in [0.1, 0.15) is 10.4 Å². The number of hydrogen-bond donors (Lipinski definition) is 1. The lowest BCUT2D eigenvalue weighted by Crippen LogP contribution is -2.54. The fraction of sp³-hybridized carbons (Fsp3) is 0.182. The molecule has 5 rings (SSSR count). The first-order valence-corrected chi connectivity index (χ1v) is 9.68. The quantitative estimate of drug-likeness (QED) is 0.397. The maximum Gasteiger partial charge on any atom is 0.295 e. The summed E-state index contributed by atoms with van der Waals surface area (Å²) < 4.78 is 19.4. The average molecular weight is 421 g/mol. The Morgan fingerprint density at radius 2 is 1.77 bits per heavy atom. The van der Waals surface area contributed by atoms with Gasteiger partial charge in [0, 0.05) is 43.3 Å². The van der Waals surface area contributed by atoms with Crippen LogP contribution in [0.4, 0.5) is 10.1 Å². The number of rotatable bonds is 4. The lowest BCUT2D eigenvalue weighted by molar-refractivity contribution is -0.126. The second-order valence-corrected chi connectivity index (χ2v) is 7.33. The molecule has 2 aromatic heterocycles. The van der Waals surface area contributed by atoms with Crippen LogP contribution in [0.15, 0.2) is 56.8 Å². The normalized spacial score (nSPS) is 14.5. The van der Waals surface area contributed by atoms with Crippen molar-refractivity contribution in [1.29, 1.82) is 0 Å². The van der Waals surface area contributed by atoms with Crippen LogP contribution in [0.25, 0.3) is 22.2 Å². The highest BCUT2D eigenvalue weighted by Gasteiger charge is 2.33. The SMILES string of the molecule is O=C(C(=O)N1CCN(c2c(-c3ccco3)c(=O)c2=O)CC1)c1c[nH]c2cccc(F)c12. The highest BCUT2D eigenvalue weighted by atomic mass is 19.1. The fourth-order valence-electron chi connectivity index (χ4n) is 4.04. The molecule has 1 amide bonds. The number of carbonyl (C=O) groups is 2. The third-order valence-corrected chi connectivity index (χ3v) is 5.63. The Morgan fingerprint density at radius 1 is 1.00 bits per heavy atom. The second-order valence-electron chi connectivity index (χ2n) is 7.33. The first kappa shape index (κ1) is 19.0. The van der Waals surface area contributed by atoms with E-state index in [1.165, 1.54) is 29.5 Å². The van der Waals surface area contributed by atoms with Crippen molar-refractivity contribution in [1.82, 2.24) is 9.88 Å². The Kier molecular flexibility index (Phi) is 4.32. The van der Waals surface area contributed by atoms with Crippen LogP contribution in [-0.4, -0.2) is 47.8 Å². The summed E-state index contributed by atoms with van der Waals surface area (Å²) in [6, 6.07) is 7.61. The van der Waals surface area contributed by atoms with Gasteiger partial charge in [0.15, 0.2) is 0 Å². The van der Waals surface area contributed by atoms with Crippen molar-refractivity contribution in [3.8, 4) is 11.3 Å². The second kappa shape index (κ2) is 7.05. The lowest BCUT2D eigenvalue weighted by Gasteiger charge is -2.36. The summed E-state index contributed by atoms with van der Waals surface area (Å²) in [5.74, 6) is -1.78. The smallest absolute Gasteiger partial charge is 0.295 e. The summed E-state index contributed by atoms with van der Waals surface area (Å²) in [5.41, 5.74) is -0.247. The van der Waals surface area contributed by atoms with E-state index in [-0.39, 0.29) is 48.4 Å². The number of fused-ring (bicyclic) bond motifs is 1. The molecule has 1 N–H and O–H groups in total. The van der Waals surface area contributed by atoms with Gasteiger partial charge in [-0.05, 0) is 24.3 Å². The first-order chi connectivity index (χ1) is 15.0. The van der Waals surface area contributed by atoms with Gasteiger partial charge < -0.3 is 19.2 Å². The number of amides is 1. The van der Waals surface area contributed by atoms with Gasteiger partial charge in [-0.15, -0.1) is 0 Å². The number of aromatic nitrogens is 1. The van der Waals surface area contributed by atoms with Gasteiger partial charge in [0.05, 0.1) is 17.4 Å². The Bertz CT molecular complexity index is 1390. The molecule has 3 heterocycles. The molecule has 1 fully saturated rings. The number of H-pyrrole nitrogens is 1. The third kappa shape index (κ3) is 2.89. The molecule has 31 heavy (non-hydrogen) atoms. The van der Waals surface area contributed by atoms with Gasteiger partial charge in [-0.1, -0.05) is 6.07 Å². The predicted octanol–water partition coefficient (Wildman–Crippen LogP) is 1.69.